The first-order valence-corrected chi connectivity index (χ1v) is 8.25. The second kappa shape index (κ2) is 6.86. The highest BCUT2D eigenvalue weighted by Gasteiger charge is 2.33. The molecule has 1 aromatic carbocycles. The minimum atomic E-state index is -0.245. The molecule has 1 saturated heterocycles. The molecule has 6 heteroatoms. The van der Waals surface area contributed by atoms with E-state index in [1.807, 2.05) is 48.9 Å². The molecule has 1 fully saturated rings. The first kappa shape index (κ1) is 16.2. The molecule has 1 unspecified atom stereocenters. The first-order valence-electron chi connectivity index (χ1n) is 8.25. The van der Waals surface area contributed by atoms with E-state index < -0.39 is 0 Å². The van der Waals surface area contributed by atoms with Gasteiger partial charge in [-0.25, -0.2) is 4.98 Å². The molecule has 0 spiro atoms. The Kier molecular flexibility index (Phi) is 4.64. The highest BCUT2D eigenvalue weighted by atomic mass is 16.2. The first-order chi connectivity index (χ1) is 11.6. The average molecular weight is 326 g/mol. The summed E-state index contributed by atoms with van der Waals surface area (Å²) in [6, 6.07) is 7.89. The van der Waals surface area contributed by atoms with E-state index in [-0.39, 0.29) is 23.8 Å². The molecule has 3 rings (SSSR count). The largest absolute Gasteiger partial charge is 0.349 e. The number of nitrogens with zero attached hydrogens (tertiary/aromatic N) is 3. The number of aromatic nitrogens is 2. The van der Waals surface area contributed by atoms with Crippen LogP contribution in [0.4, 0.5) is 0 Å². The third-order valence-corrected chi connectivity index (χ3v) is 4.52. The van der Waals surface area contributed by atoms with Gasteiger partial charge in [0.2, 0.25) is 11.8 Å². The average Bonchev–Trinajstić information content (AvgIpc) is 3.24. The molecule has 6 nitrogen and oxygen atoms in total. The number of rotatable bonds is 5. The van der Waals surface area contributed by atoms with Gasteiger partial charge >= 0.3 is 0 Å². The quantitative estimate of drug-likeness (QED) is 0.913. The second-order valence-corrected chi connectivity index (χ2v) is 6.13. The Labute approximate surface area is 141 Å². The van der Waals surface area contributed by atoms with Crippen LogP contribution in [0.1, 0.15) is 31.9 Å². The predicted molar refractivity (Wildman–Crippen MR) is 90.5 cm³/mol. The number of hydrogen-bond acceptors (Lipinski definition) is 3. The number of carbonyl (C=O) groups excluding carboxylic acids is 2. The zero-order valence-corrected chi connectivity index (χ0v) is 14.0. The summed E-state index contributed by atoms with van der Waals surface area (Å²) in [5, 5.41) is 3.02. The Balaban J connectivity index is 1.61. The van der Waals surface area contributed by atoms with Crippen molar-refractivity contribution in [1.82, 2.24) is 19.8 Å². The number of amides is 2. The minimum Gasteiger partial charge on any atom is -0.349 e. The molecule has 126 valence electrons. The SMILES string of the molecule is CCN1CC(C(=O)N[C@@H](C)c2ccc(-n3ccnc3)cc2)CC1=O. The van der Waals surface area contributed by atoms with Crippen LogP contribution in [0.25, 0.3) is 5.69 Å². The van der Waals surface area contributed by atoms with Crippen molar-refractivity contribution in [1.29, 1.82) is 0 Å². The number of imidazole rings is 1. The third kappa shape index (κ3) is 3.32. The molecule has 2 aromatic rings. The van der Waals surface area contributed by atoms with Gasteiger partial charge in [0.05, 0.1) is 18.3 Å². The molecule has 0 saturated carbocycles. The number of nitrogens with one attached hydrogen (secondary N) is 1. The van der Waals surface area contributed by atoms with E-state index in [1.165, 1.54) is 0 Å². The Morgan fingerprint density at radius 1 is 1.38 bits per heavy atom. The lowest BCUT2D eigenvalue weighted by molar-refractivity contribution is -0.129. The molecule has 24 heavy (non-hydrogen) atoms. The Bertz CT molecular complexity index is 709. The van der Waals surface area contributed by atoms with Crippen molar-refractivity contribution in [2.45, 2.75) is 26.3 Å². The summed E-state index contributed by atoms with van der Waals surface area (Å²) in [6.07, 6.45) is 5.68. The van der Waals surface area contributed by atoms with Crippen molar-refractivity contribution in [2.24, 2.45) is 5.92 Å². The van der Waals surface area contributed by atoms with Crippen molar-refractivity contribution in [3.05, 3.63) is 48.5 Å². The van der Waals surface area contributed by atoms with Crippen molar-refractivity contribution < 1.29 is 9.59 Å². The maximum absolute atomic E-state index is 12.4. The van der Waals surface area contributed by atoms with Crippen molar-refractivity contribution in [3.63, 3.8) is 0 Å². The smallest absolute Gasteiger partial charge is 0.225 e. The van der Waals surface area contributed by atoms with Gasteiger partial charge in [0.25, 0.3) is 0 Å². The second-order valence-electron chi connectivity index (χ2n) is 6.13. The molecule has 2 atom stereocenters. The van der Waals surface area contributed by atoms with E-state index in [4.69, 9.17) is 0 Å². The van der Waals surface area contributed by atoms with E-state index in [9.17, 15) is 9.59 Å². The summed E-state index contributed by atoms with van der Waals surface area (Å²) in [7, 11) is 0. The Hall–Kier alpha value is -2.63. The van der Waals surface area contributed by atoms with Crippen molar-refractivity contribution in [2.75, 3.05) is 13.1 Å². The fraction of sp³-hybridized carbons (Fsp3) is 0.389. The molecule has 1 N–H and O–H groups in total. The monoisotopic (exact) mass is 326 g/mol. The van der Waals surface area contributed by atoms with Gasteiger partial charge < -0.3 is 14.8 Å². The van der Waals surface area contributed by atoms with Gasteiger partial charge in [0.15, 0.2) is 0 Å². The van der Waals surface area contributed by atoms with Gasteiger partial charge in [-0.1, -0.05) is 12.1 Å². The summed E-state index contributed by atoms with van der Waals surface area (Å²) in [5.41, 5.74) is 2.05. The zero-order valence-electron chi connectivity index (χ0n) is 14.0. The van der Waals surface area contributed by atoms with Gasteiger partial charge in [-0.2, -0.15) is 0 Å². The third-order valence-electron chi connectivity index (χ3n) is 4.52. The highest BCUT2D eigenvalue weighted by molar-refractivity contribution is 5.89. The van der Waals surface area contributed by atoms with E-state index in [0.717, 1.165) is 11.3 Å². The van der Waals surface area contributed by atoms with Gasteiger partial charge in [-0.3, -0.25) is 9.59 Å². The molecule has 1 aliphatic rings. The van der Waals surface area contributed by atoms with Crippen LogP contribution >= 0.6 is 0 Å². The molecule has 2 amide bonds. The molecule has 0 radical (unpaired) electrons. The van der Waals surface area contributed by atoms with E-state index in [0.29, 0.717) is 19.5 Å². The Morgan fingerprint density at radius 3 is 2.71 bits per heavy atom. The minimum absolute atomic E-state index is 0.0505. The van der Waals surface area contributed by atoms with Gasteiger partial charge in [-0.15, -0.1) is 0 Å². The van der Waals surface area contributed by atoms with E-state index in [2.05, 4.69) is 10.3 Å². The van der Waals surface area contributed by atoms with Crippen LogP contribution in [0.15, 0.2) is 43.0 Å². The fourth-order valence-electron chi connectivity index (χ4n) is 3.01. The van der Waals surface area contributed by atoms with Crippen molar-refractivity contribution >= 4 is 11.8 Å². The number of hydrogen-bond donors (Lipinski definition) is 1. The van der Waals surface area contributed by atoms with E-state index >= 15 is 0 Å². The van der Waals surface area contributed by atoms with Crippen LogP contribution in [0.5, 0.6) is 0 Å². The summed E-state index contributed by atoms with van der Waals surface area (Å²) in [4.78, 5) is 29.9. The molecule has 1 aromatic heterocycles. The van der Waals surface area contributed by atoms with Crippen molar-refractivity contribution in [3.8, 4) is 5.69 Å². The molecule has 0 bridgehead atoms. The summed E-state index contributed by atoms with van der Waals surface area (Å²) in [6.45, 7) is 5.07. The topological polar surface area (TPSA) is 67.2 Å². The van der Waals surface area contributed by atoms with Crippen LogP contribution in [-0.2, 0) is 9.59 Å². The summed E-state index contributed by atoms with van der Waals surface area (Å²) >= 11 is 0. The lowest BCUT2D eigenvalue weighted by Crippen LogP contribution is -2.34. The molecular weight excluding hydrogens is 304 g/mol. The summed E-state index contributed by atoms with van der Waals surface area (Å²) < 4.78 is 1.93. The van der Waals surface area contributed by atoms with Crippen LogP contribution in [0.3, 0.4) is 0 Å². The predicted octanol–water partition coefficient (Wildman–Crippen LogP) is 1.92. The maximum Gasteiger partial charge on any atom is 0.225 e. The van der Waals surface area contributed by atoms with Gasteiger partial charge in [-0.05, 0) is 31.5 Å². The molecule has 1 aliphatic heterocycles. The highest BCUT2D eigenvalue weighted by Crippen LogP contribution is 2.20. The lowest BCUT2D eigenvalue weighted by Gasteiger charge is -2.18. The van der Waals surface area contributed by atoms with Gasteiger partial charge in [0, 0.05) is 37.6 Å². The standard InChI is InChI=1S/C18H22N4O2/c1-3-21-11-15(10-17(21)23)18(24)20-13(2)14-4-6-16(7-5-14)22-9-8-19-12-22/h4-9,12-13,15H,3,10-11H2,1-2H3,(H,20,24)/t13-,15?/m0/s1. The number of carbonyl (C=O) groups is 2. The molecule has 0 aliphatic carbocycles. The molecular formula is C18H22N4O2. The number of benzene rings is 1. The normalized spacial score (nSPS) is 18.7. The fourth-order valence-corrected chi connectivity index (χ4v) is 3.01. The zero-order chi connectivity index (χ0) is 17.1. The molecule has 2 heterocycles. The van der Waals surface area contributed by atoms with Gasteiger partial charge in [0.1, 0.15) is 0 Å². The van der Waals surface area contributed by atoms with Crippen LogP contribution in [-0.4, -0.2) is 39.4 Å². The summed E-state index contributed by atoms with van der Waals surface area (Å²) in [5.74, 6) is -0.231. The Morgan fingerprint density at radius 2 is 2.12 bits per heavy atom. The van der Waals surface area contributed by atoms with E-state index in [1.54, 1.807) is 17.4 Å². The van der Waals surface area contributed by atoms with Crippen LogP contribution in [0, 0.1) is 5.92 Å². The van der Waals surface area contributed by atoms with Crippen LogP contribution in [0.2, 0.25) is 0 Å². The lowest BCUT2D eigenvalue weighted by atomic mass is 10.0. The maximum atomic E-state index is 12.4. The van der Waals surface area contributed by atoms with Crippen LogP contribution < -0.4 is 5.32 Å². The number of likely N-dealkylation sites (tertiary alicyclic amines) is 1.